The number of benzene rings is 2. The zero-order chi connectivity index (χ0) is 18.2. The van der Waals surface area contributed by atoms with Crippen molar-refractivity contribution in [3.8, 4) is 0 Å². The van der Waals surface area contributed by atoms with Crippen molar-refractivity contribution < 1.29 is 19.1 Å². The van der Waals surface area contributed by atoms with E-state index in [1.54, 1.807) is 62.4 Å². The van der Waals surface area contributed by atoms with Crippen molar-refractivity contribution in [2.45, 2.75) is 32.8 Å². The number of carbonyl (C=O) groups excluding carboxylic acids is 3. The first kappa shape index (κ1) is 18.4. The van der Waals surface area contributed by atoms with E-state index < -0.39 is 5.97 Å². The summed E-state index contributed by atoms with van der Waals surface area (Å²) in [6, 6.07) is 15.4. The summed E-state index contributed by atoms with van der Waals surface area (Å²) in [5.74, 6) is -0.797. The van der Waals surface area contributed by atoms with Crippen molar-refractivity contribution in [1.29, 1.82) is 0 Å². The van der Waals surface area contributed by atoms with Gasteiger partial charge in [-0.1, -0.05) is 36.4 Å². The molecule has 0 heterocycles. The molecular formula is C20H21NO4. The fourth-order valence-corrected chi connectivity index (χ4v) is 2.22. The van der Waals surface area contributed by atoms with Gasteiger partial charge in [-0.25, -0.2) is 4.79 Å². The van der Waals surface area contributed by atoms with Crippen LogP contribution in [0, 0.1) is 0 Å². The maximum Gasteiger partial charge on any atom is 0.338 e. The first-order valence-electron chi connectivity index (χ1n) is 8.15. The maximum absolute atomic E-state index is 12.0. The van der Waals surface area contributed by atoms with E-state index in [0.717, 1.165) is 0 Å². The topological polar surface area (TPSA) is 72.5 Å². The molecule has 0 unspecified atom stereocenters. The monoisotopic (exact) mass is 339 g/mol. The predicted molar refractivity (Wildman–Crippen MR) is 95.6 cm³/mol. The zero-order valence-electron chi connectivity index (χ0n) is 14.3. The van der Waals surface area contributed by atoms with Crippen molar-refractivity contribution in [2.24, 2.45) is 0 Å². The van der Waals surface area contributed by atoms with Crippen LogP contribution in [0.3, 0.4) is 0 Å². The largest absolute Gasteiger partial charge is 0.459 e. The molecular weight excluding hydrogens is 318 g/mol. The quantitative estimate of drug-likeness (QED) is 0.614. The fourth-order valence-electron chi connectivity index (χ4n) is 2.22. The minimum atomic E-state index is -0.439. The molecule has 130 valence electrons. The van der Waals surface area contributed by atoms with Crippen molar-refractivity contribution >= 4 is 23.3 Å². The Labute approximate surface area is 147 Å². The van der Waals surface area contributed by atoms with E-state index >= 15 is 0 Å². The number of amides is 1. The van der Waals surface area contributed by atoms with Crippen molar-refractivity contribution in [3.63, 3.8) is 0 Å². The second-order valence-electron chi connectivity index (χ2n) is 5.87. The summed E-state index contributed by atoms with van der Waals surface area (Å²) in [6.45, 7) is 3.54. The number of carbonyl (C=O) groups is 3. The second-order valence-corrected chi connectivity index (χ2v) is 5.87. The molecule has 0 atom stereocenters. The van der Waals surface area contributed by atoms with E-state index in [2.05, 4.69) is 5.32 Å². The first-order chi connectivity index (χ1) is 12.0. The lowest BCUT2D eigenvalue weighted by Gasteiger charge is -2.10. The molecule has 0 radical (unpaired) electrons. The summed E-state index contributed by atoms with van der Waals surface area (Å²) >= 11 is 0. The smallest absolute Gasteiger partial charge is 0.338 e. The van der Waals surface area contributed by atoms with Gasteiger partial charge in [0.1, 0.15) is 0 Å². The van der Waals surface area contributed by atoms with E-state index in [0.29, 0.717) is 16.8 Å². The van der Waals surface area contributed by atoms with Crippen LogP contribution >= 0.6 is 0 Å². The van der Waals surface area contributed by atoms with Crippen LogP contribution in [0.2, 0.25) is 0 Å². The Kier molecular flexibility index (Phi) is 6.46. The number of rotatable bonds is 7. The minimum absolute atomic E-state index is 0.0778. The second kappa shape index (κ2) is 8.78. The Balaban J connectivity index is 1.90. The molecule has 1 N–H and O–H groups in total. The highest BCUT2D eigenvalue weighted by Gasteiger charge is 2.12. The molecule has 0 bridgehead atoms. The van der Waals surface area contributed by atoms with E-state index in [4.69, 9.17) is 4.74 Å². The lowest BCUT2D eigenvalue weighted by Crippen LogP contribution is -2.15. The summed E-state index contributed by atoms with van der Waals surface area (Å²) in [4.78, 5) is 35.9. The number of anilines is 1. The summed E-state index contributed by atoms with van der Waals surface area (Å²) in [6.07, 6.45) is -0.00554. The molecule has 0 aromatic heterocycles. The van der Waals surface area contributed by atoms with Crippen molar-refractivity contribution in [2.75, 3.05) is 5.32 Å². The number of ether oxygens (including phenoxy) is 1. The predicted octanol–water partition coefficient (Wildman–Crippen LogP) is 3.85. The van der Waals surface area contributed by atoms with Crippen LogP contribution in [0.15, 0.2) is 54.6 Å². The molecule has 0 aliphatic rings. The van der Waals surface area contributed by atoms with Crippen LogP contribution in [-0.2, 0) is 9.53 Å². The third-order valence-electron chi connectivity index (χ3n) is 3.40. The molecule has 1 amide bonds. The molecule has 5 nitrogen and oxygen atoms in total. The Hall–Kier alpha value is -2.95. The van der Waals surface area contributed by atoms with Gasteiger partial charge >= 0.3 is 5.97 Å². The van der Waals surface area contributed by atoms with Crippen molar-refractivity contribution in [1.82, 2.24) is 0 Å². The van der Waals surface area contributed by atoms with Crippen LogP contribution in [0.1, 0.15) is 47.4 Å². The lowest BCUT2D eigenvalue weighted by atomic mass is 10.1. The number of esters is 1. The van der Waals surface area contributed by atoms with Crippen LogP contribution in [0.4, 0.5) is 5.69 Å². The van der Waals surface area contributed by atoms with Gasteiger partial charge < -0.3 is 10.1 Å². The van der Waals surface area contributed by atoms with Gasteiger partial charge in [0, 0.05) is 24.1 Å². The number of Topliss-reactive ketones (excluding diaryl/α,β-unsaturated/α-hetero) is 1. The SMILES string of the molecule is CC(C)OC(=O)c1cccc(NC(=O)CCC(=O)c2ccccc2)c1. The zero-order valence-corrected chi connectivity index (χ0v) is 14.3. The van der Waals surface area contributed by atoms with Gasteiger partial charge in [-0.15, -0.1) is 0 Å². The minimum Gasteiger partial charge on any atom is -0.459 e. The molecule has 0 saturated carbocycles. The molecule has 25 heavy (non-hydrogen) atoms. The average molecular weight is 339 g/mol. The number of hydrogen-bond donors (Lipinski definition) is 1. The van der Waals surface area contributed by atoms with Crippen molar-refractivity contribution in [3.05, 3.63) is 65.7 Å². The molecule has 5 heteroatoms. The lowest BCUT2D eigenvalue weighted by molar-refractivity contribution is -0.116. The summed E-state index contributed by atoms with van der Waals surface area (Å²) in [5, 5.41) is 2.70. The third-order valence-corrected chi connectivity index (χ3v) is 3.40. The average Bonchev–Trinajstić information content (AvgIpc) is 2.60. The molecule has 0 fully saturated rings. The Morgan fingerprint density at radius 1 is 0.920 bits per heavy atom. The van der Waals surface area contributed by atoms with E-state index in [9.17, 15) is 14.4 Å². The van der Waals surface area contributed by atoms with Crippen LogP contribution in [0.25, 0.3) is 0 Å². The van der Waals surface area contributed by atoms with Gasteiger partial charge in [-0.05, 0) is 32.0 Å². The Morgan fingerprint density at radius 2 is 1.60 bits per heavy atom. The normalized spacial score (nSPS) is 10.4. The van der Waals surface area contributed by atoms with Gasteiger partial charge in [-0.2, -0.15) is 0 Å². The molecule has 0 spiro atoms. The van der Waals surface area contributed by atoms with Gasteiger partial charge in [0.2, 0.25) is 5.91 Å². The van der Waals surface area contributed by atoms with E-state index in [-0.39, 0.29) is 30.6 Å². The summed E-state index contributed by atoms with van der Waals surface area (Å²) in [7, 11) is 0. The molecule has 0 aliphatic heterocycles. The van der Waals surface area contributed by atoms with Gasteiger partial charge in [0.05, 0.1) is 11.7 Å². The number of ketones is 1. The Morgan fingerprint density at radius 3 is 2.28 bits per heavy atom. The van der Waals surface area contributed by atoms with Crippen LogP contribution in [0.5, 0.6) is 0 Å². The van der Waals surface area contributed by atoms with Crippen LogP contribution < -0.4 is 5.32 Å². The highest BCUT2D eigenvalue weighted by Crippen LogP contribution is 2.14. The highest BCUT2D eigenvalue weighted by molar-refractivity contribution is 6.00. The maximum atomic E-state index is 12.0. The molecule has 2 aromatic carbocycles. The molecule has 2 rings (SSSR count). The van der Waals surface area contributed by atoms with Gasteiger partial charge in [0.25, 0.3) is 0 Å². The third kappa shape index (κ3) is 5.88. The molecule has 0 saturated heterocycles. The standard InChI is InChI=1S/C20H21NO4/c1-14(2)25-20(24)16-9-6-10-17(13-16)21-19(23)12-11-18(22)15-7-4-3-5-8-15/h3-10,13-14H,11-12H2,1-2H3,(H,21,23). The van der Waals surface area contributed by atoms with E-state index in [1.807, 2.05) is 6.07 Å². The highest BCUT2D eigenvalue weighted by atomic mass is 16.5. The number of nitrogens with one attached hydrogen (secondary N) is 1. The van der Waals surface area contributed by atoms with Gasteiger partial charge in [-0.3, -0.25) is 9.59 Å². The molecule has 0 aliphatic carbocycles. The fraction of sp³-hybridized carbons (Fsp3) is 0.250. The Bertz CT molecular complexity index is 753. The molecule has 2 aromatic rings. The van der Waals surface area contributed by atoms with Gasteiger partial charge in [0.15, 0.2) is 5.78 Å². The van der Waals surface area contributed by atoms with Crippen LogP contribution in [-0.4, -0.2) is 23.8 Å². The first-order valence-corrected chi connectivity index (χ1v) is 8.15. The summed E-state index contributed by atoms with van der Waals surface area (Å²) < 4.78 is 5.13. The van der Waals surface area contributed by atoms with E-state index in [1.165, 1.54) is 0 Å². The summed E-state index contributed by atoms with van der Waals surface area (Å²) in [5.41, 5.74) is 1.45. The number of hydrogen-bond acceptors (Lipinski definition) is 4.